The Hall–Kier alpha value is -3.76. The van der Waals surface area contributed by atoms with E-state index in [4.69, 9.17) is 39.5 Å². The number of amides is 2. The second-order valence-electron chi connectivity index (χ2n) is 12.0. The Morgan fingerprint density at radius 2 is 1.44 bits per heavy atom. The summed E-state index contributed by atoms with van der Waals surface area (Å²) in [5.74, 6) is -0.832. The van der Waals surface area contributed by atoms with Gasteiger partial charge in [0.25, 0.3) is 10.0 Å². The molecule has 254 valence electrons. The molecule has 4 aromatic rings. The first kappa shape index (κ1) is 37.1. The number of carbonyl (C=O) groups excluding carboxylic acids is 2. The lowest BCUT2D eigenvalue weighted by Crippen LogP contribution is -2.56. The van der Waals surface area contributed by atoms with E-state index >= 15 is 0 Å². The van der Waals surface area contributed by atoms with Crippen LogP contribution >= 0.6 is 34.8 Å². The summed E-state index contributed by atoms with van der Waals surface area (Å²) < 4.78 is 35.5. The number of para-hydroxylation sites is 2. The zero-order chi connectivity index (χ0) is 35.1. The lowest BCUT2D eigenvalue weighted by molar-refractivity contribution is -0.140. The van der Waals surface area contributed by atoms with Crippen LogP contribution < -0.4 is 14.4 Å². The molecule has 0 saturated heterocycles. The van der Waals surface area contributed by atoms with Gasteiger partial charge in [-0.3, -0.25) is 13.9 Å². The molecule has 0 aliphatic carbocycles. The minimum absolute atomic E-state index is 0.0852. The number of hydrogen-bond acceptors (Lipinski definition) is 5. The Labute approximate surface area is 297 Å². The average molecular weight is 731 g/mol. The van der Waals surface area contributed by atoms with Crippen molar-refractivity contribution in [1.29, 1.82) is 0 Å². The fraction of sp³-hybridized carbons (Fsp3) is 0.278. The Balaban J connectivity index is 1.89. The lowest BCUT2D eigenvalue weighted by Gasteiger charge is -2.35. The Kier molecular flexibility index (Phi) is 12.4. The van der Waals surface area contributed by atoms with Crippen LogP contribution in [0.3, 0.4) is 0 Å². The van der Waals surface area contributed by atoms with E-state index in [1.165, 1.54) is 29.2 Å². The number of nitrogens with zero attached hydrogens (tertiary/aromatic N) is 2. The molecule has 1 N–H and O–H groups in total. The molecule has 0 saturated carbocycles. The molecule has 0 spiro atoms. The van der Waals surface area contributed by atoms with Crippen LogP contribution in [0, 0.1) is 0 Å². The third kappa shape index (κ3) is 9.44. The molecule has 0 aromatic heterocycles. The van der Waals surface area contributed by atoms with Gasteiger partial charge in [-0.1, -0.05) is 83.3 Å². The molecule has 4 aromatic carbocycles. The van der Waals surface area contributed by atoms with Gasteiger partial charge >= 0.3 is 0 Å². The minimum Gasteiger partial charge on any atom is -0.492 e. The predicted octanol–water partition coefficient (Wildman–Crippen LogP) is 7.80. The molecule has 0 unspecified atom stereocenters. The Morgan fingerprint density at radius 3 is 2.04 bits per heavy atom. The quantitative estimate of drug-likeness (QED) is 0.152. The summed E-state index contributed by atoms with van der Waals surface area (Å²) in [4.78, 5) is 30.1. The molecule has 0 aliphatic heterocycles. The van der Waals surface area contributed by atoms with Crippen molar-refractivity contribution < 1.29 is 22.7 Å². The highest BCUT2D eigenvalue weighted by molar-refractivity contribution is 7.92. The van der Waals surface area contributed by atoms with Crippen molar-refractivity contribution in [2.45, 2.75) is 57.1 Å². The molecule has 1 atom stereocenters. The number of nitrogens with one attached hydrogen (secondary N) is 1. The van der Waals surface area contributed by atoms with Crippen LogP contribution in [0.1, 0.15) is 38.8 Å². The summed E-state index contributed by atoms with van der Waals surface area (Å²) in [7, 11) is -4.37. The third-order valence-corrected chi connectivity index (χ3v) is 10.0. The van der Waals surface area contributed by atoms with Crippen LogP contribution in [0.2, 0.25) is 15.1 Å². The summed E-state index contributed by atoms with van der Waals surface area (Å²) in [5.41, 5.74) is 0.722. The molecule has 8 nitrogen and oxygen atoms in total. The summed E-state index contributed by atoms with van der Waals surface area (Å²) in [5, 5.41) is 3.94. The first-order chi connectivity index (χ1) is 22.7. The van der Waals surface area contributed by atoms with Gasteiger partial charge < -0.3 is 15.0 Å². The SMILES string of the molecule is CCOc1ccccc1N(CC(=O)N(Cc1c(Cl)cccc1Cl)[C@H](Cc1ccccc1)C(=O)NC(C)(C)C)S(=O)(=O)c1ccc(Cl)cc1. The van der Waals surface area contributed by atoms with Crippen LogP contribution in [0.5, 0.6) is 5.75 Å². The smallest absolute Gasteiger partial charge is 0.264 e. The van der Waals surface area contributed by atoms with Crippen LogP contribution in [-0.2, 0) is 32.6 Å². The number of carbonyl (C=O) groups is 2. The lowest BCUT2D eigenvalue weighted by atomic mass is 10.0. The molecule has 0 heterocycles. The molecular weight excluding hydrogens is 693 g/mol. The van der Waals surface area contributed by atoms with Gasteiger partial charge in [0, 0.05) is 39.1 Å². The second-order valence-corrected chi connectivity index (χ2v) is 15.1. The van der Waals surface area contributed by atoms with Crippen molar-refractivity contribution >= 4 is 62.3 Å². The van der Waals surface area contributed by atoms with Gasteiger partial charge in [-0.15, -0.1) is 0 Å². The fourth-order valence-corrected chi connectivity index (χ4v) is 7.12. The van der Waals surface area contributed by atoms with Crippen molar-refractivity contribution in [3.63, 3.8) is 0 Å². The number of hydrogen-bond donors (Lipinski definition) is 1. The van der Waals surface area contributed by atoms with Gasteiger partial charge in [-0.25, -0.2) is 8.42 Å². The van der Waals surface area contributed by atoms with E-state index in [0.29, 0.717) is 20.6 Å². The van der Waals surface area contributed by atoms with Gasteiger partial charge in [-0.05, 0) is 81.8 Å². The predicted molar refractivity (Wildman–Crippen MR) is 192 cm³/mol. The van der Waals surface area contributed by atoms with E-state index < -0.39 is 40.0 Å². The molecule has 2 amide bonds. The second kappa shape index (κ2) is 16.1. The van der Waals surface area contributed by atoms with E-state index in [-0.39, 0.29) is 35.9 Å². The highest BCUT2D eigenvalue weighted by atomic mass is 35.5. The third-order valence-electron chi connectivity index (χ3n) is 7.27. The highest BCUT2D eigenvalue weighted by Crippen LogP contribution is 2.34. The van der Waals surface area contributed by atoms with Gasteiger partial charge in [0.15, 0.2) is 0 Å². The van der Waals surface area contributed by atoms with Gasteiger partial charge in [-0.2, -0.15) is 0 Å². The number of halogens is 3. The molecule has 0 radical (unpaired) electrons. The minimum atomic E-state index is -4.37. The molecular formula is C36H38Cl3N3O5S. The Bertz CT molecular complexity index is 1810. The monoisotopic (exact) mass is 729 g/mol. The number of ether oxygens (including phenoxy) is 1. The van der Waals surface area contributed by atoms with Crippen molar-refractivity contribution in [2.75, 3.05) is 17.5 Å². The molecule has 48 heavy (non-hydrogen) atoms. The van der Waals surface area contributed by atoms with Crippen molar-refractivity contribution in [1.82, 2.24) is 10.2 Å². The van der Waals surface area contributed by atoms with Crippen molar-refractivity contribution in [2.24, 2.45) is 0 Å². The standard InChI is InChI=1S/C36H38Cl3N3O5S/c1-5-47-33-17-10-9-16-31(33)42(48(45,46)27-20-18-26(37)19-21-27)24-34(43)41(23-28-29(38)14-11-15-30(28)39)32(35(44)40-36(2,3)4)22-25-12-7-6-8-13-25/h6-21,32H,5,22-24H2,1-4H3,(H,40,44)/t32-/m1/s1. The van der Waals surface area contributed by atoms with Crippen molar-refractivity contribution in [3.05, 3.63) is 123 Å². The number of anilines is 1. The van der Waals surface area contributed by atoms with E-state index in [0.717, 1.165) is 9.87 Å². The molecule has 0 aliphatic rings. The number of benzene rings is 4. The van der Waals surface area contributed by atoms with Gasteiger partial charge in [0.05, 0.1) is 17.2 Å². The highest BCUT2D eigenvalue weighted by Gasteiger charge is 2.37. The van der Waals surface area contributed by atoms with Crippen LogP contribution in [0.25, 0.3) is 0 Å². The average Bonchev–Trinajstić information content (AvgIpc) is 3.03. The maximum atomic E-state index is 14.7. The van der Waals surface area contributed by atoms with Gasteiger partial charge in [0.2, 0.25) is 11.8 Å². The summed E-state index contributed by atoms with van der Waals surface area (Å²) >= 11 is 19.3. The van der Waals surface area contributed by atoms with Crippen LogP contribution in [0.4, 0.5) is 5.69 Å². The van der Waals surface area contributed by atoms with E-state index in [9.17, 15) is 18.0 Å². The summed E-state index contributed by atoms with van der Waals surface area (Å²) in [6.45, 7) is 6.70. The zero-order valence-electron chi connectivity index (χ0n) is 27.1. The normalized spacial score (nSPS) is 12.2. The number of sulfonamides is 1. The molecule has 0 fully saturated rings. The maximum Gasteiger partial charge on any atom is 0.264 e. The summed E-state index contributed by atoms with van der Waals surface area (Å²) in [6.07, 6.45) is 0.135. The first-order valence-corrected chi connectivity index (χ1v) is 17.9. The zero-order valence-corrected chi connectivity index (χ0v) is 30.2. The van der Waals surface area contributed by atoms with E-state index in [1.807, 2.05) is 51.1 Å². The molecule has 0 bridgehead atoms. The maximum absolute atomic E-state index is 14.7. The topological polar surface area (TPSA) is 96.0 Å². The van der Waals surface area contributed by atoms with Crippen LogP contribution in [-0.4, -0.2) is 49.9 Å². The van der Waals surface area contributed by atoms with Crippen LogP contribution in [0.15, 0.2) is 102 Å². The fourth-order valence-electron chi connectivity index (χ4n) is 5.05. The van der Waals surface area contributed by atoms with Crippen molar-refractivity contribution in [3.8, 4) is 5.75 Å². The van der Waals surface area contributed by atoms with E-state index in [2.05, 4.69) is 5.32 Å². The molecule has 12 heteroatoms. The Morgan fingerprint density at radius 1 is 0.833 bits per heavy atom. The number of rotatable bonds is 13. The first-order valence-electron chi connectivity index (χ1n) is 15.3. The van der Waals surface area contributed by atoms with Gasteiger partial charge in [0.1, 0.15) is 18.3 Å². The molecule has 4 rings (SSSR count). The largest absolute Gasteiger partial charge is 0.492 e. The summed E-state index contributed by atoms with van der Waals surface area (Å²) in [6, 6.07) is 25.4. The van der Waals surface area contributed by atoms with E-state index in [1.54, 1.807) is 49.4 Å².